The number of hydrogen-bond donors (Lipinski definition) is 1. The van der Waals surface area contributed by atoms with Crippen LogP contribution in [0.25, 0.3) is 11.0 Å². The molecule has 1 heterocycles. The van der Waals surface area contributed by atoms with Crippen molar-refractivity contribution in [3.8, 4) is 0 Å². The average molecular weight is 257 g/mol. The molecule has 1 aromatic heterocycles. The van der Waals surface area contributed by atoms with Crippen molar-refractivity contribution in [3.05, 3.63) is 29.6 Å². The monoisotopic (exact) mass is 257 g/mol. The fourth-order valence-electron chi connectivity index (χ4n) is 2.82. The molecule has 3 rings (SSSR count). The Hall–Kier alpha value is -1.35. The Kier molecular flexibility index (Phi) is 3.09. The van der Waals surface area contributed by atoms with E-state index in [-0.39, 0.29) is 6.04 Å². The second-order valence-electron chi connectivity index (χ2n) is 6.30. The molecule has 2 N–H and O–H groups in total. The minimum atomic E-state index is 0.0494. The highest BCUT2D eigenvalue weighted by Crippen LogP contribution is 2.40. The zero-order valence-electron chi connectivity index (χ0n) is 12.1. The van der Waals surface area contributed by atoms with E-state index in [1.165, 1.54) is 23.9 Å². The molecular formula is C16H23N3. The third-order valence-electron chi connectivity index (χ3n) is 3.84. The maximum absolute atomic E-state index is 6.38. The second-order valence-corrected chi connectivity index (χ2v) is 6.30. The Bertz CT molecular complexity index is 593. The van der Waals surface area contributed by atoms with Gasteiger partial charge in [0.25, 0.3) is 0 Å². The highest BCUT2D eigenvalue weighted by molar-refractivity contribution is 5.77. The average Bonchev–Trinajstić information content (AvgIpc) is 3.09. The summed E-state index contributed by atoms with van der Waals surface area (Å²) in [5.41, 5.74) is 9.99. The van der Waals surface area contributed by atoms with Crippen LogP contribution in [0.2, 0.25) is 0 Å². The Morgan fingerprint density at radius 2 is 2.11 bits per heavy atom. The van der Waals surface area contributed by atoms with Crippen LogP contribution in [0.4, 0.5) is 0 Å². The van der Waals surface area contributed by atoms with E-state index in [0.717, 1.165) is 17.8 Å². The fraction of sp³-hybridized carbons (Fsp3) is 0.562. The summed E-state index contributed by atoms with van der Waals surface area (Å²) in [4.78, 5) is 4.83. The lowest BCUT2D eigenvalue weighted by Gasteiger charge is -2.16. The van der Waals surface area contributed by atoms with E-state index < -0.39 is 0 Å². The minimum Gasteiger partial charge on any atom is -0.324 e. The van der Waals surface area contributed by atoms with Crippen molar-refractivity contribution in [2.45, 2.75) is 52.1 Å². The van der Waals surface area contributed by atoms with Gasteiger partial charge in [0.05, 0.1) is 17.1 Å². The van der Waals surface area contributed by atoms with Crippen LogP contribution < -0.4 is 5.73 Å². The van der Waals surface area contributed by atoms with Gasteiger partial charge in [0.15, 0.2) is 0 Å². The predicted octanol–water partition coefficient (Wildman–Crippen LogP) is 3.73. The number of nitrogens with two attached hydrogens (primary N) is 1. The highest BCUT2D eigenvalue weighted by Gasteiger charge is 2.30. The van der Waals surface area contributed by atoms with E-state index in [0.29, 0.717) is 12.0 Å². The Labute approximate surface area is 114 Å². The summed E-state index contributed by atoms with van der Waals surface area (Å²) < 4.78 is 2.39. The van der Waals surface area contributed by atoms with E-state index in [1.54, 1.807) is 0 Å². The molecule has 0 aliphatic heterocycles. The standard InChI is InChI=1S/C16H23N3/c1-10(2)8-13(17)16-18-14-9-11(3)4-7-15(14)19(16)12-5-6-12/h4,7,9-10,12-13H,5-6,8,17H2,1-3H3. The van der Waals surface area contributed by atoms with Crippen molar-refractivity contribution in [3.63, 3.8) is 0 Å². The van der Waals surface area contributed by atoms with E-state index in [2.05, 4.69) is 43.5 Å². The molecule has 1 unspecified atom stereocenters. The molecule has 0 radical (unpaired) electrons. The van der Waals surface area contributed by atoms with Crippen LogP contribution in [0.3, 0.4) is 0 Å². The van der Waals surface area contributed by atoms with E-state index in [9.17, 15) is 0 Å². The molecule has 1 atom stereocenters. The number of fused-ring (bicyclic) bond motifs is 1. The van der Waals surface area contributed by atoms with Crippen molar-refractivity contribution in [1.82, 2.24) is 9.55 Å². The third kappa shape index (κ3) is 2.39. The lowest BCUT2D eigenvalue weighted by atomic mass is 10.0. The summed E-state index contributed by atoms with van der Waals surface area (Å²) in [6, 6.07) is 7.21. The molecule has 1 fully saturated rings. The van der Waals surface area contributed by atoms with Crippen LogP contribution in [-0.4, -0.2) is 9.55 Å². The topological polar surface area (TPSA) is 43.8 Å². The molecular weight excluding hydrogens is 234 g/mol. The van der Waals surface area contributed by atoms with Crippen molar-refractivity contribution in [2.24, 2.45) is 11.7 Å². The van der Waals surface area contributed by atoms with E-state index in [4.69, 9.17) is 10.7 Å². The Balaban J connectivity index is 2.09. The summed E-state index contributed by atoms with van der Waals surface area (Å²) in [5, 5.41) is 0. The summed E-state index contributed by atoms with van der Waals surface area (Å²) in [7, 11) is 0. The number of hydrogen-bond acceptors (Lipinski definition) is 2. The van der Waals surface area contributed by atoms with Gasteiger partial charge in [-0.3, -0.25) is 0 Å². The smallest absolute Gasteiger partial charge is 0.127 e. The van der Waals surface area contributed by atoms with Crippen molar-refractivity contribution < 1.29 is 0 Å². The third-order valence-corrected chi connectivity index (χ3v) is 3.84. The van der Waals surface area contributed by atoms with Gasteiger partial charge in [-0.15, -0.1) is 0 Å². The van der Waals surface area contributed by atoms with Gasteiger partial charge in [0, 0.05) is 6.04 Å². The number of nitrogens with zero attached hydrogens (tertiary/aromatic N) is 2. The zero-order valence-corrected chi connectivity index (χ0v) is 12.1. The SMILES string of the molecule is Cc1ccc2c(c1)nc(C(N)CC(C)C)n2C1CC1. The van der Waals surface area contributed by atoms with Gasteiger partial charge in [-0.2, -0.15) is 0 Å². The van der Waals surface area contributed by atoms with Crippen molar-refractivity contribution >= 4 is 11.0 Å². The summed E-state index contributed by atoms with van der Waals surface area (Å²) in [5.74, 6) is 1.68. The molecule has 1 aliphatic carbocycles. The zero-order chi connectivity index (χ0) is 13.6. The van der Waals surface area contributed by atoms with Gasteiger partial charge in [-0.1, -0.05) is 19.9 Å². The van der Waals surface area contributed by atoms with Crippen molar-refractivity contribution in [1.29, 1.82) is 0 Å². The van der Waals surface area contributed by atoms with Gasteiger partial charge < -0.3 is 10.3 Å². The molecule has 0 saturated heterocycles. The van der Waals surface area contributed by atoms with Crippen molar-refractivity contribution in [2.75, 3.05) is 0 Å². The van der Waals surface area contributed by atoms with E-state index >= 15 is 0 Å². The van der Waals surface area contributed by atoms with Crippen LogP contribution in [0.1, 0.15) is 56.6 Å². The normalized spacial score (nSPS) is 17.3. The van der Waals surface area contributed by atoms with Crippen LogP contribution in [0.5, 0.6) is 0 Å². The number of aromatic nitrogens is 2. The van der Waals surface area contributed by atoms with Crippen LogP contribution in [0.15, 0.2) is 18.2 Å². The molecule has 3 heteroatoms. The van der Waals surface area contributed by atoms with Gasteiger partial charge >= 0.3 is 0 Å². The second kappa shape index (κ2) is 4.64. The summed E-state index contributed by atoms with van der Waals surface area (Å²) in [6.07, 6.45) is 3.52. The number of imidazole rings is 1. The van der Waals surface area contributed by atoms with Gasteiger partial charge in [0.2, 0.25) is 0 Å². The fourth-order valence-corrected chi connectivity index (χ4v) is 2.82. The molecule has 0 bridgehead atoms. The van der Waals surface area contributed by atoms with Gasteiger partial charge in [-0.25, -0.2) is 4.98 Å². The van der Waals surface area contributed by atoms with Crippen LogP contribution >= 0.6 is 0 Å². The first-order valence-corrected chi connectivity index (χ1v) is 7.30. The van der Waals surface area contributed by atoms with Crippen LogP contribution in [0, 0.1) is 12.8 Å². The molecule has 0 spiro atoms. The first-order chi connectivity index (χ1) is 9.06. The molecule has 19 heavy (non-hydrogen) atoms. The minimum absolute atomic E-state index is 0.0494. The quantitative estimate of drug-likeness (QED) is 0.907. The number of benzene rings is 1. The summed E-state index contributed by atoms with van der Waals surface area (Å²) in [6.45, 7) is 6.55. The first-order valence-electron chi connectivity index (χ1n) is 7.30. The molecule has 0 amide bonds. The molecule has 102 valence electrons. The Morgan fingerprint density at radius 3 is 2.74 bits per heavy atom. The lowest BCUT2D eigenvalue weighted by molar-refractivity contribution is 0.477. The van der Waals surface area contributed by atoms with Crippen LogP contribution in [-0.2, 0) is 0 Å². The number of aryl methyl sites for hydroxylation is 1. The molecule has 1 aliphatic rings. The molecule has 3 nitrogen and oxygen atoms in total. The molecule has 1 saturated carbocycles. The Morgan fingerprint density at radius 1 is 1.37 bits per heavy atom. The largest absolute Gasteiger partial charge is 0.324 e. The molecule has 1 aromatic carbocycles. The summed E-state index contributed by atoms with van der Waals surface area (Å²) >= 11 is 0. The lowest BCUT2D eigenvalue weighted by Crippen LogP contribution is -2.18. The maximum atomic E-state index is 6.38. The maximum Gasteiger partial charge on any atom is 0.127 e. The molecule has 2 aromatic rings. The highest BCUT2D eigenvalue weighted by atomic mass is 15.1. The predicted molar refractivity (Wildman–Crippen MR) is 79.1 cm³/mol. The number of rotatable bonds is 4. The first kappa shape index (κ1) is 12.7. The van der Waals surface area contributed by atoms with E-state index in [1.807, 2.05) is 0 Å². The van der Waals surface area contributed by atoms with Gasteiger partial charge in [0.1, 0.15) is 5.82 Å². The van der Waals surface area contributed by atoms with Gasteiger partial charge in [-0.05, 0) is 49.8 Å².